The smallest absolute Gasteiger partial charge is 0.240 e. The predicted molar refractivity (Wildman–Crippen MR) is 101 cm³/mol. The van der Waals surface area contributed by atoms with Crippen LogP contribution in [0.5, 0.6) is 11.5 Å². The molecule has 1 N–H and O–H groups in total. The molecule has 0 aliphatic carbocycles. The van der Waals surface area contributed by atoms with Crippen LogP contribution in [-0.2, 0) is 4.79 Å². The number of benzene rings is 2. The van der Waals surface area contributed by atoms with Gasteiger partial charge in [-0.2, -0.15) is 4.99 Å². The first-order valence-corrected chi connectivity index (χ1v) is 8.07. The first kappa shape index (κ1) is 23.8. The number of ether oxygens (including phenoxy) is 1. The molecule has 0 saturated carbocycles. The van der Waals surface area contributed by atoms with E-state index < -0.39 is 0 Å². The summed E-state index contributed by atoms with van der Waals surface area (Å²) in [5, 5.41) is 7.00. The van der Waals surface area contributed by atoms with Gasteiger partial charge in [-0.15, -0.1) is 0 Å². The van der Waals surface area contributed by atoms with E-state index in [2.05, 4.69) is 4.99 Å². The Labute approximate surface area is 145 Å². The molecular formula is C20H29NO3. The van der Waals surface area contributed by atoms with E-state index in [0.717, 1.165) is 24.0 Å². The monoisotopic (exact) mass is 331 g/mol. The topological polar surface area (TPSA) is 58.9 Å². The van der Waals surface area contributed by atoms with E-state index in [0.29, 0.717) is 11.4 Å². The number of rotatable bonds is 3. The molecule has 0 aliphatic heterocycles. The SMILES string of the molecule is CC.CC.CO.Cc1cc(C)c(Oc2ccccc2)cc1N=C=O. The highest BCUT2D eigenvalue weighted by Gasteiger charge is 2.06. The number of aliphatic hydroxyl groups excluding tert-OH is 1. The molecule has 2 aromatic rings. The van der Waals surface area contributed by atoms with Crippen molar-refractivity contribution in [3.8, 4) is 11.5 Å². The lowest BCUT2D eigenvalue weighted by Crippen LogP contribution is -1.88. The number of hydrogen-bond acceptors (Lipinski definition) is 4. The summed E-state index contributed by atoms with van der Waals surface area (Å²) in [4.78, 5) is 14.0. The van der Waals surface area contributed by atoms with Crippen LogP contribution in [0.2, 0.25) is 0 Å². The number of aliphatic hydroxyl groups is 1. The molecule has 24 heavy (non-hydrogen) atoms. The zero-order valence-corrected chi connectivity index (χ0v) is 15.8. The van der Waals surface area contributed by atoms with Gasteiger partial charge in [-0.25, -0.2) is 4.79 Å². The van der Waals surface area contributed by atoms with Crippen LogP contribution in [0, 0.1) is 13.8 Å². The van der Waals surface area contributed by atoms with E-state index in [-0.39, 0.29) is 0 Å². The Morgan fingerprint density at radius 2 is 1.46 bits per heavy atom. The third kappa shape index (κ3) is 8.28. The molecule has 4 nitrogen and oxygen atoms in total. The first-order valence-electron chi connectivity index (χ1n) is 8.07. The van der Waals surface area contributed by atoms with Crippen LogP contribution in [0.15, 0.2) is 47.5 Å². The van der Waals surface area contributed by atoms with E-state index in [9.17, 15) is 4.79 Å². The van der Waals surface area contributed by atoms with Crippen molar-refractivity contribution in [3.63, 3.8) is 0 Å². The van der Waals surface area contributed by atoms with Gasteiger partial charge in [-0.05, 0) is 37.1 Å². The van der Waals surface area contributed by atoms with Crippen molar-refractivity contribution in [1.29, 1.82) is 0 Å². The Morgan fingerprint density at radius 1 is 0.917 bits per heavy atom. The minimum Gasteiger partial charge on any atom is -0.457 e. The van der Waals surface area contributed by atoms with Gasteiger partial charge in [0.25, 0.3) is 0 Å². The summed E-state index contributed by atoms with van der Waals surface area (Å²) in [7, 11) is 1.00. The van der Waals surface area contributed by atoms with Crippen LogP contribution in [0.3, 0.4) is 0 Å². The predicted octanol–water partition coefficient (Wildman–Crippen LogP) is 5.72. The molecule has 0 bridgehead atoms. The van der Waals surface area contributed by atoms with Gasteiger partial charge in [-0.3, -0.25) is 0 Å². The number of hydrogen-bond donors (Lipinski definition) is 1. The Balaban J connectivity index is 0. The van der Waals surface area contributed by atoms with E-state index in [1.807, 2.05) is 77.9 Å². The first-order chi connectivity index (χ1) is 11.7. The van der Waals surface area contributed by atoms with Gasteiger partial charge in [0.15, 0.2) is 0 Å². The average Bonchev–Trinajstić information content (AvgIpc) is 2.65. The summed E-state index contributed by atoms with van der Waals surface area (Å²) in [6, 6.07) is 13.2. The summed E-state index contributed by atoms with van der Waals surface area (Å²) < 4.78 is 5.76. The fourth-order valence-electron chi connectivity index (χ4n) is 1.72. The summed E-state index contributed by atoms with van der Waals surface area (Å²) in [5.74, 6) is 1.45. The van der Waals surface area contributed by atoms with Crippen molar-refractivity contribution in [1.82, 2.24) is 0 Å². The number of aryl methyl sites for hydroxylation is 2. The van der Waals surface area contributed by atoms with Gasteiger partial charge >= 0.3 is 0 Å². The normalized spacial score (nSPS) is 8.00. The van der Waals surface area contributed by atoms with Gasteiger partial charge in [0.05, 0.1) is 5.69 Å². The van der Waals surface area contributed by atoms with E-state index in [4.69, 9.17) is 9.84 Å². The summed E-state index contributed by atoms with van der Waals surface area (Å²) in [6.07, 6.45) is 1.55. The Morgan fingerprint density at radius 3 is 1.96 bits per heavy atom. The fraction of sp³-hybridized carbons (Fsp3) is 0.350. The molecule has 2 rings (SSSR count). The number of isocyanates is 1. The van der Waals surface area contributed by atoms with Crippen molar-refractivity contribution in [3.05, 3.63) is 53.6 Å². The van der Waals surface area contributed by atoms with Crippen molar-refractivity contribution in [2.75, 3.05) is 7.11 Å². The van der Waals surface area contributed by atoms with Gasteiger partial charge < -0.3 is 9.84 Å². The number of nitrogens with zero attached hydrogens (tertiary/aromatic N) is 1. The molecule has 0 unspecified atom stereocenters. The molecule has 132 valence electrons. The number of carbonyl (C=O) groups excluding carboxylic acids is 1. The molecule has 0 aromatic heterocycles. The number of aliphatic imine (C=N–C) groups is 1. The second-order valence-corrected chi connectivity index (χ2v) is 4.02. The molecular weight excluding hydrogens is 302 g/mol. The minimum absolute atomic E-state index is 0.585. The van der Waals surface area contributed by atoms with E-state index >= 15 is 0 Å². The molecule has 0 fully saturated rings. The summed E-state index contributed by atoms with van der Waals surface area (Å²) >= 11 is 0. The van der Waals surface area contributed by atoms with Crippen LogP contribution in [0.25, 0.3) is 0 Å². The minimum atomic E-state index is 0.585. The largest absolute Gasteiger partial charge is 0.457 e. The lowest BCUT2D eigenvalue weighted by Gasteiger charge is -2.10. The van der Waals surface area contributed by atoms with Gasteiger partial charge in [0, 0.05) is 13.2 Å². The summed E-state index contributed by atoms with van der Waals surface area (Å²) in [5.41, 5.74) is 2.51. The third-order valence-corrected chi connectivity index (χ3v) is 2.63. The molecule has 0 amide bonds. The highest BCUT2D eigenvalue weighted by molar-refractivity contribution is 5.58. The van der Waals surface area contributed by atoms with Crippen molar-refractivity contribution >= 4 is 11.8 Å². The maximum Gasteiger partial charge on any atom is 0.240 e. The van der Waals surface area contributed by atoms with Crippen molar-refractivity contribution in [2.24, 2.45) is 4.99 Å². The summed E-state index contributed by atoms with van der Waals surface area (Å²) in [6.45, 7) is 11.9. The molecule has 0 heterocycles. The van der Waals surface area contributed by atoms with Gasteiger partial charge in [0.2, 0.25) is 6.08 Å². The van der Waals surface area contributed by atoms with Gasteiger partial charge in [0.1, 0.15) is 11.5 Å². The standard InChI is InChI=1S/C15H13NO2.2C2H6.CH4O/c1-11-8-12(2)15(9-14(11)16-10-17)18-13-6-4-3-5-7-13;3*1-2/h3-9H,1-2H3;2*1-2H3;2H,1H3. The van der Waals surface area contributed by atoms with Crippen LogP contribution >= 0.6 is 0 Å². The van der Waals surface area contributed by atoms with Crippen LogP contribution in [-0.4, -0.2) is 18.3 Å². The Kier molecular flexibility index (Phi) is 15.4. The van der Waals surface area contributed by atoms with Crippen LogP contribution < -0.4 is 4.74 Å². The average molecular weight is 331 g/mol. The second kappa shape index (κ2) is 15.5. The fourth-order valence-corrected chi connectivity index (χ4v) is 1.72. The highest BCUT2D eigenvalue weighted by atomic mass is 16.5. The van der Waals surface area contributed by atoms with E-state index in [1.54, 1.807) is 12.1 Å². The highest BCUT2D eigenvalue weighted by Crippen LogP contribution is 2.31. The molecule has 0 radical (unpaired) electrons. The molecule has 4 heteroatoms. The number of para-hydroxylation sites is 1. The third-order valence-electron chi connectivity index (χ3n) is 2.63. The van der Waals surface area contributed by atoms with Crippen LogP contribution in [0.4, 0.5) is 5.69 Å². The molecule has 0 aliphatic rings. The molecule has 0 atom stereocenters. The lowest BCUT2D eigenvalue weighted by atomic mass is 10.1. The van der Waals surface area contributed by atoms with Crippen molar-refractivity contribution < 1.29 is 14.6 Å². The quantitative estimate of drug-likeness (QED) is 0.577. The van der Waals surface area contributed by atoms with Crippen molar-refractivity contribution in [2.45, 2.75) is 41.5 Å². The Bertz CT molecular complexity index is 604. The van der Waals surface area contributed by atoms with Gasteiger partial charge in [-0.1, -0.05) is 52.0 Å². The second-order valence-electron chi connectivity index (χ2n) is 4.02. The van der Waals surface area contributed by atoms with Crippen LogP contribution in [0.1, 0.15) is 38.8 Å². The maximum absolute atomic E-state index is 10.3. The zero-order valence-electron chi connectivity index (χ0n) is 15.8. The lowest BCUT2D eigenvalue weighted by molar-refractivity contribution is 0.399. The molecule has 0 spiro atoms. The zero-order chi connectivity index (χ0) is 19.0. The maximum atomic E-state index is 10.3. The molecule has 0 saturated heterocycles. The van der Waals surface area contributed by atoms with E-state index in [1.165, 1.54) is 0 Å². The Hall–Kier alpha value is -2.42. The molecule has 2 aromatic carbocycles.